The van der Waals surface area contributed by atoms with Crippen molar-refractivity contribution in [1.82, 2.24) is 0 Å². The van der Waals surface area contributed by atoms with Crippen LogP contribution in [0.5, 0.6) is 0 Å². The second-order valence-corrected chi connectivity index (χ2v) is 5.04. The lowest BCUT2D eigenvalue weighted by molar-refractivity contribution is 0.653. The molecule has 1 nitrogen and oxygen atoms in total. The highest BCUT2D eigenvalue weighted by molar-refractivity contribution is 5.81. The maximum absolute atomic E-state index is 9.00. The summed E-state index contributed by atoms with van der Waals surface area (Å²) in [5, 5.41) is 9.00. The number of hydrogen-bond acceptors (Lipinski definition) is 1. The molecule has 0 bridgehead atoms. The van der Waals surface area contributed by atoms with E-state index in [2.05, 4.69) is 45.1 Å². The Bertz CT molecular complexity index is 566. The minimum Gasteiger partial charge on any atom is -0.192 e. The van der Waals surface area contributed by atoms with Gasteiger partial charge in [-0.2, -0.15) is 5.26 Å². The molecule has 1 aliphatic carbocycles. The Morgan fingerprint density at radius 2 is 2.00 bits per heavy atom. The Kier molecular flexibility index (Phi) is 2.67. The van der Waals surface area contributed by atoms with Crippen LogP contribution in [0.1, 0.15) is 44.4 Å². The first-order chi connectivity index (χ1) is 8.02. The maximum Gasteiger partial charge on any atom is 0.0991 e. The zero-order valence-electron chi connectivity index (χ0n) is 10.8. The van der Waals surface area contributed by atoms with Crippen LogP contribution < -0.4 is 0 Å². The molecule has 0 aliphatic heterocycles. The van der Waals surface area contributed by atoms with E-state index in [1.807, 2.05) is 19.1 Å². The van der Waals surface area contributed by atoms with Gasteiger partial charge in [0.25, 0.3) is 0 Å². The van der Waals surface area contributed by atoms with Crippen LogP contribution in [-0.4, -0.2) is 0 Å². The number of rotatable bonds is 1. The summed E-state index contributed by atoms with van der Waals surface area (Å²) in [7, 11) is 0. The molecule has 0 N–H and O–H groups in total. The first-order valence-electron chi connectivity index (χ1n) is 5.91. The van der Waals surface area contributed by atoms with Crippen molar-refractivity contribution < 1.29 is 0 Å². The summed E-state index contributed by atoms with van der Waals surface area (Å²) in [5.41, 5.74) is 5.96. The van der Waals surface area contributed by atoms with Gasteiger partial charge in [-0.15, -0.1) is 0 Å². The topological polar surface area (TPSA) is 23.8 Å². The number of allylic oxidation sites excluding steroid dienone is 4. The molecule has 0 amide bonds. The molecule has 0 fully saturated rings. The van der Waals surface area contributed by atoms with Crippen LogP contribution in [0.3, 0.4) is 0 Å². The van der Waals surface area contributed by atoms with E-state index in [1.54, 1.807) is 0 Å². The lowest BCUT2D eigenvalue weighted by Gasteiger charge is -2.23. The predicted octanol–water partition coefficient (Wildman–Crippen LogP) is 4.20. The van der Waals surface area contributed by atoms with Crippen molar-refractivity contribution in [3.05, 3.63) is 52.6 Å². The van der Waals surface area contributed by atoms with E-state index in [9.17, 15) is 0 Å². The number of benzene rings is 1. The molecular formula is C16H17N. The van der Waals surface area contributed by atoms with Crippen molar-refractivity contribution in [2.24, 2.45) is 0 Å². The number of nitrogens with zero attached hydrogens (tertiary/aromatic N) is 1. The van der Waals surface area contributed by atoms with E-state index in [1.165, 1.54) is 22.3 Å². The van der Waals surface area contributed by atoms with Gasteiger partial charge in [0.1, 0.15) is 0 Å². The van der Waals surface area contributed by atoms with Crippen molar-refractivity contribution in [2.75, 3.05) is 0 Å². The summed E-state index contributed by atoms with van der Waals surface area (Å²) in [6.45, 7) is 8.65. The summed E-state index contributed by atoms with van der Waals surface area (Å²) in [6.07, 6.45) is 4.26. The van der Waals surface area contributed by atoms with Crippen LogP contribution in [0.25, 0.3) is 5.57 Å². The second-order valence-electron chi connectivity index (χ2n) is 5.04. The van der Waals surface area contributed by atoms with E-state index < -0.39 is 0 Å². The third kappa shape index (κ3) is 1.61. The Hall–Kier alpha value is -1.81. The van der Waals surface area contributed by atoms with Gasteiger partial charge in [-0.05, 0) is 48.3 Å². The van der Waals surface area contributed by atoms with Crippen molar-refractivity contribution in [3.63, 3.8) is 0 Å². The van der Waals surface area contributed by atoms with Crippen molar-refractivity contribution >= 4 is 5.57 Å². The van der Waals surface area contributed by atoms with Gasteiger partial charge in [0.15, 0.2) is 0 Å². The van der Waals surface area contributed by atoms with E-state index in [0.29, 0.717) is 0 Å². The van der Waals surface area contributed by atoms with Gasteiger partial charge in [-0.3, -0.25) is 0 Å². The molecule has 1 aromatic carbocycles. The highest BCUT2D eigenvalue weighted by Gasteiger charge is 2.34. The zero-order chi connectivity index (χ0) is 12.6. The summed E-state index contributed by atoms with van der Waals surface area (Å²) < 4.78 is 0. The maximum atomic E-state index is 9.00. The van der Waals surface area contributed by atoms with Gasteiger partial charge in [-0.1, -0.05) is 32.1 Å². The lowest BCUT2D eigenvalue weighted by Crippen LogP contribution is -2.16. The summed E-state index contributed by atoms with van der Waals surface area (Å²) in [6, 6.07) is 8.21. The first kappa shape index (κ1) is 11.7. The van der Waals surface area contributed by atoms with E-state index in [4.69, 9.17) is 5.26 Å². The third-order valence-electron chi connectivity index (χ3n) is 3.64. The average Bonchev–Trinajstić information content (AvgIpc) is 2.51. The summed E-state index contributed by atoms with van der Waals surface area (Å²) in [4.78, 5) is 0. The first-order valence-corrected chi connectivity index (χ1v) is 5.91. The second kappa shape index (κ2) is 3.89. The predicted molar refractivity (Wildman–Crippen MR) is 71.6 cm³/mol. The van der Waals surface area contributed by atoms with Gasteiger partial charge in [0, 0.05) is 5.41 Å². The van der Waals surface area contributed by atoms with E-state index >= 15 is 0 Å². The molecule has 2 rings (SSSR count). The minimum absolute atomic E-state index is 0.00120. The van der Waals surface area contributed by atoms with Crippen LogP contribution in [0.2, 0.25) is 0 Å². The van der Waals surface area contributed by atoms with Crippen molar-refractivity contribution in [3.8, 4) is 6.07 Å². The molecule has 0 unspecified atom stereocenters. The molecular weight excluding hydrogens is 206 g/mol. The largest absolute Gasteiger partial charge is 0.192 e. The number of nitriles is 1. The fourth-order valence-corrected chi connectivity index (χ4v) is 2.72. The van der Waals surface area contributed by atoms with Crippen LogP contribution >= 0.6 is 0 Å². The number of hydrogen-bond donors (Lipinski definition) is 0. The monoisotopic (exact) mass is 223 g/mol. The third-order valence-corrected chi connectivity index (χ3v) is 3.64. The Morgan fingerprint density at radius 3 is 2.59 bits per heavy atom. The standard InChI is InChI=1S/C16H17N/c1-5-6-14-11(2)13-8-7-12(10-17)9-15(13)16(14,3)4/h5-9H,1-4H3/b6-5-. The SMILES string of the molecule is C/C=C\C1=C(C)c2ccc(C#N)cc2C1(C)C. The Morgan fingerprint density at radius 1 is 1.29 bits per heavy atom. The molecule has 1 aromatic rings. The van der Waals surface area contributed by atoms with Gasteiger partial charge < -0.3 is 0 Å². The fraction of sp³-hybridized carbons (Fsp3) is 0.312. The summed E-state index contributed by atoms with van der Waals surface area (Å²) >= 11 is 0. The van der Waals surface area contributed by atoms with Crippen LogP contribution in [0.4, 0.5) is 0 Å². The quantitative estimate of drug-likeness (QED) is 0.700. The molecule has 0 spiro atoms. The van der Waals surface area contributed by atoms with E-state index in [0.717, 1.165) is 5.56 Å². The highest BCUT2D eigenvalue weighted by Crippen LogP contribution is 2.46. The van der Waals surface area contributed by atoms with Gasteiger partial charge in [0.05, 0.1) is 11.6 Å². The molecule has 0 aromatic heterocycles. The van der Waals surface area contributed by atoms with Crippen LogP contribution in [0.15, 0.2) is 35.9 Å². The fourth-order valence-electron chi connectivity index (χ4n) is 2.72. The van der Waals surface area contributed by atoms with Gasteiger partial charge in [0.2, 0.25) is 0 Å². The highest BCUT2D eigenvalue weighted by atomic mass is 14.4. The molecule has 1 heteroatoms. The molecule has 0 radical (unpaired) electrons. The molecule has 0 saturated heterocycles. The van der Waals surface area contributed by atoms with Gasteiger partial charge in [-0.25, -0.2) is 0 Å². The van der Waals surface area contributed by atoms with Crippen LogP contribution in [0, 0.1) is 11.3 Å². The Balaban J connectivity index is 2.69. The van der Waals surface area contributed by atoms with E-state index in [-0.39, 0.29) is 5.41 Å². The summed E-state index contributed by atoms with van der Waals surface area (Å²) in [5.74, 6) is 0. The van der Waals surface area contributed by atoms with Crippen LogP contribution in [-0.2, 0) is 5.41 Å². The molecule has 0 atom stereocenters. The molecule has 1 aliphatic rings. The van der Waals surface area contributed by atoms with Crippen molar-refractivity contribution in [2.45, 2.75) is 33.1 Å². The molecule has 0 saturated carbocycles. The minimum atomic E-state index is -0.00120. The smallest absolute Gasteiger partial charge is 0.0991 e. The Labute approximate surface area is 103 Å². The molecule has 17 heavy (non-hydrogen) atoms. The number of fused-ring (bicyclic) bond motifs is 1. The normalized spacial score (nSPS) is 17.4. The average molecular weight is 223 g/mol. The van der Waals surface area contributed by atoms with Crippen molar-refractivity contribution in [1.29, 1.82) is 5.26 Å². The lowest BCUT2D eigenvalue weighted by atomic mass is 9.80. The van der Waals surface area contributed by atoms with Gasteiger partial charge >= 0.3 is 0 Å². The molecule has 0 heterocycles. The molecule has 86 valence electrons. The zero-order valence-corrected chi connectivity index (χ0v) is 10.8.